The lowest BCUT2D eigenvalue weighted by Crippen LogP contribution is -2.54. The summed E-state index contributed by atoms with van der Waals surface area (Å²) in [6.07, 6.45) is 1.02. The second-order valence-electron chi connectivity index (χ2n) is 9.15. The summed E-state index contributed by atoms with van der Waals surface area (Å²) in [4.78, 5) is 27.8. The van der Waals surface area contributed by atoms with E-state index in [1.165, 1.54) is 12.0 Å². The van der Waals surface area contributed by atoms with E-state index in [0.29, 0.717) is 27.0 Å². The minimum absolute atomic E-state index is 0.0225. The van der Waals surface area contributed by atoms with E-state index in [0.717, 1.165) is 10.6 Å². The van der Waals surface area contributed by atoms with Crippen molar-refractivity contribution in [3.05, 3.63) is 58.1 Å². The number of nitrogens with zero attached hydrogens (tertiary/aromatic N) is 2. The molecule has 0 unspecified atom stereocenters. The third-order valence-electron chi connectivity index (χ3n) is 5.04. The quantitative estimate of drug-likeness (QED) is 0.513. The molecular weight excluding hydrogens is 513 g/mol. The molecule has 0 aliphatic heterocycles. The zero-order chi connectivity index (χ0) is 26.6. The van der Waals surface area contributed by atoms with E-state index < -0.39 is 34.1 Å². The summed E-state index contributed by atoms with van der Waals surface area (Å²) in [5, 5.41) is 3.52. The van der Waals surface area contributed by atoms with Crippen molar-refractivity contribution < 1.29 is 22.7 Å². The number of ether oxygens (including phenoxy) is 1. The molecule has 2 aromatic carbocycles. The van der Waals surface area contributed by atoms with Gasteiger partial charge in [-0.15, -0.1) is 0 Å². The molecule has 0 radical (unpaired) electrons. The average molecular weight is 545 g/mol. The molecule has 1 atom stereocenters. The normalized spacial score (nSPS) is 12.6. The summed E-state index contributed by atoms with van der Waals surface area (Å²) in [5.74, 6) is -0.391. The molecule has 0 spiro atoms. The molecule has 0 saturated carbocycles. The van der Waals surface area contributed by atoms with Crippen LogP contribution in [0.5, 0.6) is 5.75 Å². The molecular formula is C24H31Cl2N3O5S. The van der Waals surface area contributed by atoms with Gasteiger partial charge < -0.3 is 15.0 Å². The number of carbonyl (C=O) groups excluding carboxylic acids is 2. The van der Waals surface area contributed by atoms with E-state index in [1.807, 2.05) is 20.8 Å². The van der Waals surface area contributed by atoms with E-state index in [4.69, 9.17) is 27.9 Å². The lowest BCUT2D eigenvalue weighted by atomic mass is 10.1. The highest BCUT2D eigenvalue weighted by molar-refractivity contribution is 7.92. The highest BCUT2D eigenvalue weighted by Gasteiger charge is 2.31. The van der Waals surface area contributed by atoms with Crippen molar-refractivity contribution in [1.29, 1.82) is 0 Å². The van der Waals surface area contributed by atoms with Crippen LogP contribution in [0, 0.1) is 0 Å². The van der Waals surface area contributed by atoms with Gasteiger partial charge in [-0.25, -0.2) is 8.42 Å². The molecule has 1 N–H and O–H groups in total. The van der Waals surface area contributed by atoms with Crippen molar-refractivity contribution in [2.75, 3.05) is 24.2 Å². The molecule has 2 aromatic rings. The van der Waals surface area contributed by atoms with Crippen LogP contribution < -0.4 is 14.4 Å². The van der Waals surface area contributed by atoms with Crippen LogP contribution in [0.1, 0.15) is 33.3 Å². The Bertz CT molecular complexity index is 1160. The van der Waals surface area contributed by atoms with Gasteiger partial charge in [-0.05, 0) is 69.7 Å². The highest BCUT2D eigenvalue weighted by Crippen LogP contribution is 2.25. The van der Waals surface area contributed by atoms with Crippen LogP contribution in [0.2, 0.25) is 10.0 Å². The molecule has 0 aliphatic carbocycles. The number of methoxy groups -OCH3 is 1. The van der Waals surface area contributed by atoms with Gasteiger partial charge in [0.2, 0.25) is 21.8 Å². The molecule has 0 aromatic heterocycles. The zero-order valence-electron chi connectivity index (χ0n) is 20.6. The van der Waals surface area contributed by atoms with E-state index >= 15 is 0 Å². The largest absolute Gasteiger partial charge is 0.497 e. The molecule has 0 saturated heterocycles. The Morgan fingerprint density at radius 2 is 1.66 bits per heavy atom. The number of anilines is 1. The number of rotatable bonds is 9. The fourth-order valence-electron chi connectivity index (χ4n) is 3.25. The maximum atomic E-state index is 13.5. The number of amides is 2. The second kappa shape index (κ2) is 11.5. The van der Waals surface area contributed by atoms with Crippen LogP contribution >= 0.6 is 23.2 Å². The Morgan fingerprint density at radius 3 is 2.14 bits per heavy atom. The lowest BCUT2D eigenvalue weighted by molar-refractivity contribution is -0.140. The first-order valence-electron chi connectivity index (χ1n) is 10.8. The summed E-state index contributed by atoms with van der Waals surface area (Å²) >= 11 is 12.2. The number of carbonyl (C=O) groups is 2. The molecule has 8 nitrogen and oxygen atoms in total. The van der Waals surface area contributed by atoms with Gasteiger partial charge in [0.15, 0.2) is 0 Å². The minimum atomic E-state index is -3.82. The predicted octanol–water partition coefficient (Wildman–Crippen LogP) is 4.10. The molecule has 0 heterocycles. The third-order valence-corrected chi connectivity index (χ3v) is 6.92. The van der Waals surface area contributed by atoms with E-state index in [-0.39, 0.29) is 12.5 Å². The predicted molar refractivity (Wildman–Crippen MR) is 140 cm³/mol. The van der Waals surface area contributed by atoms with Crippen molar-refractivity contribution in [1.82, 2.24) is 10.2 Å². The fourth-order valence-corrected chi connectivity index (χ4v) is 4.42. The average Bonchev–Trinajstić information content (AvgIpc) is 2.75. The molecule has 2 amide bonds. The van der Waals surface area contributed by atoms with Crippen LogP contribution in [-0.2, 0) is 26.2 Å². The molecule has 192 valence electrons. The summed E-state index contributed by atoms with van der Waals surface area (Å²) in [6, 6.07) is 10.3. The van der Waals surface area contributed by atoms with Crippen LogP contribution in [0.15, 0.2) is 42.5 Å². The summed E-state index contributed by atoms with van der Waals surface area (Å²) < 4.78 is 31.3. The topological polar surface area (TPSA) is 96.0 Å². The van der Waals surface area contributed by atoms with Crippen LogP contribution in [0.25, 0.3) is 0 Å². The van der Waals surface area contributed by atoms with Crippen LogP contribution in [-0.4, -0.2) is 56.6 Å². The van der Waals surface area contributed by atoms with E-state index in [2.05, 4.69) is 5.32 Å². The first-order valence-corrected chi connectivity index (χ1v) is 13.4. The van der Waals surface area contributed by atoms with Gasteiger partial charge in [-0.3, -0.25) is 13.9 Å². The number of sulfonamides is 1. The van der Waals surface area contributed by atoms with Gasteiger partial charge in [-0.2, -0.15) is 0 Å². The van der Waals surface area contributed by atoms with Crippen molar-refractivity contribution in [3.63, 3.8) is 0 Å². The van der Waals surface area contributed by atoms with Crippen molar-refractivity contribution >= 4 is 50.7 Å². The van der Waals surface area contributed by atoms with Gasteiger partial charge >= 0.3 is 0 Å². The van der Waals surface area contributed by atoms with Crippen molar-refractivity contribution in [2.45, 2.75) is 45.8 Å². The molecule has 0 fully saturated rings. The first-order chi connectivity index (χ1) is 16.1. The molecule has 0 bridgehead atoms. The number of nitrogens with one attached hydrogen (secondary N) is 1. The van der Waals surface area contributed by atoms with Crippen molar-refractivity contribution in [3.8, 4) is 5.75 Å². The molecule has 11 heteroatoms. The van der Waals surface area contributed by atoms with Gasteiger partial charge in [0.1, 0.15) is 18.3 Å². The number of hydrogen-bond donors (Lipinski definition) is 1. The Morgan fingerprint density at radius 1 is 1.06 bits per heavy atom. The fraction of sp³-hybridized carbons (Fsp3) is 0.417. The monoisotopic (exact) mass is 543 g/mol. The summed E-state index contributed by atoms with van der Waals surface area (Å²) in [6.45, 7) is 6.61. The Balaban J connectivity index is 2.42. The van der Waals surface area contributed by atoms with Gasteiger partial charge in [0, 0.05) is 12.1 Å². The van der Waals surface area contributed by atoms with E-state index in [9.17, 15) is 18.0 Å². The standard InChI is InChI=1S/C24H31Cl2N3O5S/c1-16(23(31)27-24(2,3)4)28(14-17-7-12-20(25)21(26)13-17)22(30)15-29(35(6,32)33)18-8-10-19(34-5)11-9-18/h7-13,16H,14-15H2,1-6H3,(H,27,31)/t16-/m0/s1. The van der Waals surface area contributed by atoms with Gasteiger partial charge in [0.05, 0.1) is 29.1 Å². The SMILES string of the molecule is COc1ccc(N(CC(=O)N(Cc2ccc(Cl)c(Cl)c2)[C@@H](C)C(=O)NC(C)(C)C)S(C)(=O)=O)cc1. The first kappa shape index (κ1) is 28.7. The number of halogens is 2. The maximum Gasteiger partial charge on any atom is 0.244 e. The Kier molecular flexibility index (Phi) is 9.44. The molecule has 2 rings (SSSR count). The minimum Gasteiger partial charge on any atom is -0.497 e. The molecule has 35 heavy (non-hydrogen) atoms. The lowest BCUT2D eigenvalue weighted by Gasteiger charge is -2.33. The maximum absolute atomic E-state index is 13.5. The highest BCUT2D eigenvalue weighted by atomic mass is 35.5. The van der Waals surface area contributed by atoms with Crippen molar-refractivity contribution in [2.24, 2.45) is 0 Å². The van der Waals surface area contributed by atoms with Gasteiger partial charge in [-0.1, -0.05) is 29.3 Å². The summed E-state index contributed by atoms with van der Waals surface area (Å²) in [7, 11) is -2.32. The molecule has 0 aliphatic rings. The van der Waals surface area contributed by atoms with Gasteiger partial charge in [0.25, 0.3) is 0 Å². The zero-order valence-corrected chi connectivity index (χ0v) is 23.0. The van der Waals surface area contributed by atoms with E-state index in [1.54, 1.807) is 49.4 Å². The second-order valence-corrected chi connectivity index (χ2v) is 11.9. The Hall–Kier alpha value is -2.49. The number of hydrogen-bond acceptors (Lipinski definition) is 5. The Labute approximate surface area is 217 Å². The third kappa shape index (κ3) is 8.30. The van der Waals surface area contributed by atoms with Crippen LogP contribution in [0.3, 0.4) is 0 Å². The smallest absolute Gasteiger partial charge is 0.244 e. The summed E-state index contributed by atoms with van der Waals surface area (Å²) in [5.41, 5.74) is 0.410. The van der Waals surface area contributed by atoms with Crippen LogP contribution in [0.4, 0.5) is 5.69 Å². The number of benzene rings is 2.